The highest BCUT2D eigenvalue weighted by atomic mass is 16.5. The van der Waals surface area contributed by atoms with Crippen LogP contribution in [-0.2, 0) is 9.59 Å². The molecule has 1 aliphatic heterocycles. The Morgan fingerprint density at radius 1 is 1.33 bits per heavy atom. The number of hydrogen-bond donors (Lipinski definition) is 1. The van der Waals surface area contributed by atoms with Gasteiger partial charge in [-0.3, -0.25) is 9.59 Å². The average Bonchev–Trinajstić information content (AvgIpc) is 2.46. The van der Waals surface area contributed by atoms with E-state index in [0.717, 1.165) is 18.4 Å². The maximum absolute atomic E-state index is 11.9. The first kappa shape index (κ1) is 15.4. The van der Waals surface area contributed by atoms with Gasteiger partial charge in [0.2, 0.25) is 5.91 Å². The second-order valence-electron chi connectivity index (χ2n) is 5.45. The van der Waals surface area contributed by atoms with E-state index >= 15 is 0 Å². The zero-order valence-corrected chi connectivity index (χ0v) is 12.6. The number of nitrogens with one attached hydrogen (secondary N) is 1. The van der Waals surface area contributed by atoms with Crippen molar-refractivity contribution in [1.29, 1.82) is 0 Å². The summed E-state index contributed by atoms with van der Waals surface area (Å²) in [6.07, 6.45) is 1.60. The Bertz CT molecular complexity index is 508. The molecule has 0 unspecified atom stereocenters. The van der Waals surface area contributed by atoms with Crippen molar-refractivity contribution in [3.8, 4) is 5.75 Å². The van der Waals surface area contributed by atoms with E-state index in [0.29, 0.717) is 18.8 Å². The van der Waals surface area contributed by atoms with Gasteiger partial charge in [-0.2, -0.15) is 0 Å². The standard InChI is InChI=1S/C16H22N2O3/c1-12-4-3-5-15(10-12)21-11-16(20)17-14-6-8-18(9-7-14)13(2)19/h3-5,10,14H,6-9,11H2,1-2H3,(H,17,20). The van der Waals surface area contributed by atoms with Crippen LogP contribution < -0.4 is 10.1 Å². The quantitative estimate of drug-likeness (QED) is 0.914. The van der Waals surface area contributed by atoms with Crippen LogP contribution in [0.1, 0.15) is 25.3 Å². The lowest BCUT2D eigenvalue weighted by Crippen LogP contribution is -2.47. The van der Waals surface area contributed by atoms with Gasteiger partial charge in [0, 0.05) is 26.1 Å². The van der Waals surface area contributed by atoms with Crippen molar-refractivity contribution in [3.63, 3.8) is 0 Å². The summed E-state index contributed by atoms with van der Waals surface area (Å²) in [6, 6.07) is 7.76. The van der Waals surface area contributed by atoms with E-state index in [1.165, 1.54) is 0 Å². The maximum Gasteiger partial charge on any atom is 0.258 e. The SMILES string of the molecule is CC(=O)N1CCC(NC(=O)COc2cccc(C)c2)CC1. The van der Waals surface area contributed by atoms with E-state index in [2.05, 4.69) is 5.32 Å². The molecule has 0 spiro atoms. The molecule has 0 bridgehead atoms. The summed E-state index contributed by atoms with van der Waals surface area (Å²) in [5.74, 6) is 0.692. The third-order valence-electron chi connectivity index (χ3n) is 3.66. The number of rotatable bonds is 4. The van der Waals surface area contributed by atoms with Crippen molar-refractivity contribution in [2.24, 2.45) is 0 Å². The molecule has 2 rings (SSSR count). The lowest BCUT2D eigenvalue weighted by molar-refractivity contribution is -0.130. The summed E-state index contributed by atoms with van der Waals surface area (Å²) >= 11 is 0. The Hall–Kier alpha value is -2.04. The molecular formula is C16H22N2O3. The van der Waals surface area contributed by atoms with Gasteiger partial charge < -0.3 is 15.0 Å². The number of aryl methyl sites for hydroxylation is 1. The second-order valence-corrected chi connectivity index (χ2v) is 5.45. The largest absolute Gasteiger partial charge is 0.484 e. The third-order valence-corrected chi connectivity index (χ3v) is 3.66. The molecule has 0 aliphatic carbocycles. The van der Waals surface area contributed by atoms with Gasteiger partial charge in [0.05, 0.1) is 0 Å². The van der Waals surface area contributed by atoms with Crippen molar-refractivity contribution in [1.82, 2.24) is 10.2 Å². The molecular weight excluding hydrogens is 268 g/mol. The highest BCUT2D eigenvalue weighted by molar-refractivity contribution is 5.78. The molecule has 1 heterocycles. The summed E-state index contributed by atoms with van der Waals surface area (Å²) in [5.41, 5.74) is 1.10. The molecule has 21 heavy (non-hydrogen) atoms. The Morgan fingerprint density at radius 3 is 2.67 bits per heavy atom. The highest BCUT2D eigenvalue weighted by Crippen LogP contribution is 2.13. The molecule has 5 nitrogen and oxygen atoms in total. The lowest BCUT2D eigenvalue weighted by Gasteiger charge is -2.31. The van der Waals surface area contributed by atoms with Gasteiger partial charge in [-0.05, 0) is 37.5 Å². The summed E-state index contributed by atoms with van der Waals surface area (Å²) in [6.45, 7) is 5.00. The van der Waals surface area contributed by atoms with E-state index < -0.39 is 0 Å². The summed E-state index contributed by atoms with van der Waals surface area (Å²) in [7, 11) is 0. The zero-order valence-electron chi connectivity index (χ0n) is 12.6. The van der Waals surface area contributed by atoms with E-state index in [4.69, 9.17) is 4.74 Å². The van der Waals surface area contributed by atoms with Crippen molar-refractivity contribution in [2.75, 3.05) is 19.7 Å². The van der Waals surface area contributed by atoms with Gasteiger partial charge in [0.25, 0.3) is 5.91 Å². The zero-order chi connectivity index (χ0) is 15.2. The van der Waals surface area contributed by atoms with Crippen LogP contribution >= 0.6 is 0 Å². The molecule has 0 aromatic heterocycles. The number of carbonyl (C=O) groups excluding carboxylic acids is 2. The van der Waals surface area contributed by atoms with Crippen molar-refractivity contribution in [3.05, 3.63) is 29.8 Å². The van der Waals surface area contributed by atoms with Gasteiger partial charge >= 0.3 is 0 Å². The molecule has 1 aromatic rings. The van der Waals surface area contributed by atoms with Gasteiger partial charge in [-0.25, -0.2) is 0 Å². The first-order valence-electron chi connectivity index (χ1n) is 7.29. The molecule has 114 valence electrons. The molecule has 1 aliphatic rings. The topological polar surface area (TPSA) is 58.6 Å². The number of ether oxygens (including phenoxy) is 1. The number of amides is 2. The average molecular weight is 290 g/mol. The number of benzene rings is 1. The molecule has 5 heteroatoms. The number of piperidine rings is 1. The molecule has 0 saturated carbocycles. The molecule has 1 fully saturated rings. The Balaban J connectivity index is 1.72. The van der Waals surface area contributed by atoms with Crippen LogP contribution in [0.15, 0.2) is 24.3 Å². The number of hydrogen-bond acceptors (Lipinski definition) is 3. The monoisotopic (exact) mass is 290 g/mol. The van der Waals surface area contributed by atoms with E-state index in [9.17, 15) is 9.59 Å². The van der Waals surface area contributed by atoms with Crippen LogP contribution in [0.25, 0.3) is 0 Å². The van der Waals surface area contributed by atoms with Crippen molar-refractivity contribution < 1.29 is 14.3 Å². The Labute approximate surface area is 125 Å². The van der Waals surface area contributed by atoms with Gasteiger partial charge in [-0.15, -0.1) is 0 Å². The molecule has 1 aromatic carbocycles. The number of nitrogens with zero attached hydrogens (tertiary/aromatic N) is 1. The summed E-state index contributed by atoms with van der Waals surface area (Å²) in [5, 5.41) is 2.96. The minimum Gasteiger partial charge on any atom is -0.484 e. The number of likely N-dealkylation sites (tertiary alicyclic amines) is 1. The van der Waals surface area contributed by atoms with Crippen LogP contribution in [-0.4, -0.2) is 42.5 Å². The molecule has 1 saturated heterocycles. The minimum atomic E-state index is -0.113. The Morgan fingerprint density at radius 2 is 2.05 bits per heavy atom. The molecule has 0 atom stereocenters. The Kier molecular flexibility index (Phi) is 5.20. The van der Waals surface area contributed by atoms with E-state index in [1.54, 1.807) is 6.92 Å². The van der Waals surface area contributed by atoms with Crippen LogP contribution in [0.4, 0.5) is 0 Å². The first-order valence-corrected chi connectivity index (χ1v) is 7.29. The summed E-state index contributed by atoms with van der Waals surface area (Å²) in [4.78, 5) is 24.9. The predicted molar refractivity (Wildman–Crippen MR) is 80.1 cm³/mol. The van der Waals surface area contributed by atoms with E-state index in [-0.39, 0.29) is 24.5 Å². The van der Waals surface area contributed by atoms with Gasteiger partial charge in [0.1, 0.15) is 5.75 Å². The van der Waals surface area contributed by atoms with Crippen LogP contribution in [0.2, 0.25) is 0 Å². The minimum absolute atomic E-state index is 0.0242. The van der Waals surface area contributed by atoms with Gasteiger partial charge in [0.15, 0.2) is 6.61 Å². The molecule has 0 radical (unpaired) electrons. The van der Waals surface area contributed by atoms with Gasteiger partial charge in [-0.1, -0.05) is 12.1 Å². The second kappa shape index (κ2) is 7.11. The first-order chi connectivity index (χ1) is 10.0. The van der Waals surface area contributed by atoms with Crippen molar-refractivity contribution >= 4 is 11.8 Å². The van der Waals surface area contributed by atoms with E-state index in [1.807, 2.05) is 36.1 Å². The van der Waals surface area contributed by atoms with Crippen molar-refractivity contribution in [2.45, 2.75) is 32.7 Å². The number of carbonyl (C=O) groups is 2. The van der Waals surface area contributed by atoms with Crippen LogP contribution in [0, 0.1) is 6.92 Å². The fourth-order valence-electron chi connectivity index (χ4n) is 2.46. The lowest BCUT2D eigenvalue weighted by atomic mass is 10.1. The molecule has 1 N–H and O–H groups in total. The normalized spacial score (nSPS) is 15.6. The predicted octanol–water partition coefficient (Wildman–Crippen LogP) is 1.50. The maximum atomic E-state index is 11.9. The highest BCUT2D eigenvalue weighted by Gasteiger charge is 2.21. The fourth-order valence-corrected chi connectivity index (χ4v) is 2.46. The smallest absolute Gasteiger partial charge is 0.258 e. The third kappa shape index (κ3) is 4.77. The fraction of sp³-hybridized carbons (Fsp3) is 0.500. The van der Waals surface area contributed by atoms with Crippen LogP contribution in [0.5, 0.6) is 5.75 Å². The summed E-state index contributed by atoms with van der Waals surface area (Å²) < 4.78 is 5.47. The van der Waals surface area contributed by atoms with Crippen LogP contribution in [0.3, 0.4) is 0 Å². The molecule has 2 amide bonds.